The molecule has 1 aromatic heterocycles. The van der Waals surface area contributed by atoms with E-state index < -0.39 is 0 Å². The van der Waals surface area contributed by atoms with Crippen molar-refractivity contribution in [1.29, 1.82) is 0 Å². The number of ketones is 1. The number of carbonyl (C=O) groups excluding carboxylic acids is 1. The van der Waals surface area contributed by atoms with E-state index in [1.807, 2.05) is 13.0 Å². The highest BCUT2D eigenvalue weighted by atomic mass is 16.1. The van der Waals surface area contributed by atoms with Gasteiger partial charge in [0.05, 0.1) is 11.3 Å². The summed E-state index contributed by atoms with van der Waals surface area (Å²) >= 11 is 0. The van der Waals surface area contributed by atoms with Crippen molar-refractivity contribution in [2.75, 3.05) is 0 Å². The number of rotatable bonds is 2. The first-order chi connectivity index (χ1) is 9.97. The van der Waals surface area contributed by atoms with Gasteiger partial charge in [-0.25, -0.2) is 0 Å². The number of aromatic nitrogens is 1. The molecule has 0 atom stereocenters. The number of H-pyrrole nitrogens is 1. The lowest BCUT2D eigenvalue weighted by molar-refractivity contribution is 0.102. The van der Waals surface area contributed by atoms with Crippen LogP contribution in [-0.4, -0.2) is 10.8 Å². The quantitative estimate of drug-likeness (QED) is 0.659. The van der Waals surface area contributed by atoms with Gasteiger partial charge in [-0.15, -0.1) is 0 Å². The number of fused-ring (bicyclic) bond motifs is 1. The van der Waals surface area contributed by atoms with Crippen molar-refractivity contribution in [3.8, 4) is 11.3 Å². The van der Waals surface area contributed by atoms with Crippen molar-refractivity contribution in [3.05, 3.63) is 58.7 Å². The topological polar surface area (TPSA) is 32.9 Å². The van der Waals surface area contributed by atoms with Crippen LogP contribution in [0.15, 0.2) is 36.4 Å². The van der Waals surface area contributed by atoms with Crippen LogP contribution < -0.4 is 0 Å². The Bertz CT molecular complexity index is 855. The van der Waals surface area contributed by atoms with Crippen molar-refractivity contribution in [2.45, 2.75) is 27.7 Å². The van der Waals surface area contributed by atoms with Gasteiger partial charge in [-0.3, -0.25) is 4.79 Å². The first-order valence-corrected chi connectivity index (χ1v) is 7.18. The number of aryl methyl sites for hydroxylation is 3. The van der Waals surface area contributed by atoms with Crippen molar-refractivity contribution in [3.63, 3.8) is 0 Å². The third-order valence-corrected chi connectivity index (χ3v) is 3.97. The molecule has 0 unspecified atom stereocenters. The summed E-state index contributed by atoms with van der Waals surface area (Å²) in [4.78, 5) is 15.6. The maximum atomic E-state index is 12.2. The number of carbonyl (C=O) groups is 1. The molecule has 0 aliphatic heterocycles. The third kappa shape index (κ3) is 2.27. The van der Waals surface area contributed by atoms with Gasteiger partial charge in [0.25, 0.3) is 0 Å². The van der Waals surface area contributed by atoms with Crippen LogP contribution in [0, 0.1) is 20.8 Å². The van der Waals surface area contributed by atoms with Gasteiger partial charge in [0.1, 0.15) is 0 Å². The molecule has 2 nitrogen and oxygen atoms in total. The fourth-order valence-corrected chi connectivity index (χ4v) is 2.88. The van der Waals surface area contributed by atoms with E-state index in [0.29, 0.717) is 0 Å². The van der Waals surface area contributed by atoms with E-state index in [4.69, 9.17) is 0 Å². The molecular weight excluding hydrogens is 258 g/mol. The average Bonchev–Trinajstić information content (AvgIpc) is 2.79. The number of hydrogen-bond donors (Lipinski definition) is 1. The molecule has 2 heteroatoms. The van der Waals surface area contributed by atoms with Crippen molar-refractivity contribution < 1.29 is 4.79 Å². The Morgan fingerprint density at radius 1 is 0.952 bits per heavy atom. The molecule has 0 saturated carbocycles. The van der Waals surface area contributed by atoms with Crippen LogP contribution in [0.5, 0.6) is 0 Å². The summed E-state index contributed by atoms with van der Waals surface area (Å²) in [6.45, 7) is 7.84. The van der Waals surface area contributed by atoms with E-state index in [0.717, 1.165) is 33.3 Å². The Labute approximate surface area is 124 Å². The smallest absolute Gasteiger partial charge is 0.162 e. The van der Waals surface area contributed by atoms with Crippen LogP contribution in [0.4, 0.5) is 0 Å². The molecule has 3 aromatic rings. The first-order valence-electron chi connectivity index (χ1n) is 7.18. The number of Topliss-reactive ketones (excluding diaryl/α,β-unsaturated/α-hetero) is 1. The predicted molar refractivity (Wildman–Crippen MR) is 88.0 cm³/mol. The Balaban J connectivity index is 2.39. The molecule has 1 N–H and O–H groups in total. The third-order valence-electron chi connectivity index (χ3n) is 3.97. The second-order valence-electron chi connectivity index (χ2n) is 5.80. The van der Waals surface area contributed by atoms with Gasteiger partial charge in [0.2, 0.25) is 0 Å². The highest BCUT2D eigenvalue weighted by Crippen LogP contribution is 2.33. The molecule has 0 radical (unpaired) electrons. The highest BCUT2D eigenvalue weighted by Gasteiger charge is 2.18. The number of hydrogen-bond acceptors (Lipinski definition) is 1. The average molecular weight is 277 g/mol. The molecule has 0 saturated heterocycles. The maximum absolute atomic E-state index is 12.2. The minimum absolute atomic E-state index is 0.0998. The highest BCUT2D eigenvalue weighted by molar-refractivity contribution is 6.12. The Morgan fingerprint density at radius 3 is 2.33 bits per heavy atom. The largest absolute Gasteiger partial charge is 0.354 e. The summed E-state index contributed by atoms with van der Waals surface area (Å²) in [6.07, 6.45) is 0. The van der Waals surface area contributed by atoms with Crippen molar-refractivity contribution >= 4 is 16.7 Å². The molecule has 0 aliphatic carbocycles. The molecule has 21 heavy (non-hydrogen) atoms. The molecule has 2 aromatic carbocycles. The predicted octanol–water partition coefficient (Wildman–Crippen LogP) is 4.96. The molecule has 0 amide bonds. The molecule has 0 aliphatic rings. The summed E-state index contributed by atoms with van der Waals surface area (Å²) < 4.78 is 0. The van der Waals surface area contributed by atoms with Gasteiger partial charge < -0.3 is 4.98 Å². The van der Waals surface area contributed by atoms with Gasteiger partial charge in [-0.1, -0.05) is 29.3 Å². The molecule has 3 rings (SSSR count). The van der Waals surface area contributed by atoms with Crippen LogP contribution in [0.25, 0.3) is 22.2 Å². The van der Waals surface area contributed by atoms with E-state index >= 15 is 0 Å². The lowest BCUT2D eigenvalue weighted by Gasteiger charge is -2.07. The lowest BCUT2D eigenvalue weighted by atomic mass is 9.97. The zero-order valence-electron chi connectivity index (χ0n) is 12.9. The maximum Gasteiger partial charge on any atom is 0.162 e. The minimum Gasteiger partial charge on any atom is -0.354 e. The molecule has 0 spiro atoms. The fraction of sp³-hybridized carbons (Fsp3) is 0.211. The fourth-order valence-electron chi connectivity index (χ4n) is 2.88. The molecule has 1 heterocycles. The number of aromatic amines is 1. The SMILES string of the molecule is CC(=O)c1c(-c2cc(C)ccc2C)[nH]c2ccc(C)cc12. The summed E-state index contributed by atoms with van der Waals surface area (Å²) in [5.74, 6) is 0.0998. The van der Waals surface area contributed by atoms with Crippen LogP contribution in [-0.2, 0) is 0 Å². The van der Waals surface area contributed by atoms with E-state index in [2.05, 4.69) is 49.2 Å². The van der Waals surface area contributed by atoms with Gasteiger partial charge in [0.15, 0.2) is 5.78 Å². The van der Waals surface area contributed by atoms with E-state index in [9.17, 15) is 4.79 Å². The zero-order valence-corrected chi connectivity index (χ0v) is 12.9. The van der Waals surface area contributed by atoms with Crippen LogP contribution in [0.3, 0.4) is 0 Å². The lowest BCUT2D eigenvalue weighted by Crippen LogP contribution is -1.95. The van der Waals surface area contributed by atoms with Gasteiger partial charge in [-0.2, -0.15) is 0 Å². The van der Waals surface area contributed by atoms with Crippen molar-refractivity contribution in [2.24, 2.45) is 0 Å². The van der Waals surface area contributed by atoms with Crippen LogP contribution >= 0.6 is 0 Å². The van der Waals surface area contributed by atoms with E-state index in [-0.39, 0.29) is 5.78 Å². The molecular formula is C19H19NO. The summed E-state index contributed by atoms with van der Waals surface area (Å²) in [5.41, 5.74) is 7.38. The van der Waals surface area contributed by atoms with Gasteiger partial charge in [0, 0.05) is 16.5 Å². The van der Waals surface area contributed by atoms with E-state index in [1.165, 1.54) is 11.1 Å². The number of benzene rings is 2. The summed E-state index contributed by atoms with van der Waals surface area (Å²) in [6, 6.07) is 12.5. The summed E-state index contributed by atoms with van der Waals surface area (Å²) in [5, 5.41) is 1.01. The Hall–Kier alpha value is -2.35. The van der Waals surface area contributed by atoms with Crippen LogP contribution in [0.2, 0.25) is 0 Å². The number of nitrogens with one attached hydrogen (secondary N) is 1. The molecule has 0 fully saturated rings. The van der Waals surface area contributed by atoms with Crippen LogP contribution in [0.1, 0.15) is 34.0 Å². The van der Waals surface area contributed by atoms with E-state index in [1.54, 1.807) is 6.92 Å². The molecule has 0 bridgehead atoms. The Kier molecular flexibility index (Phi) is 3.17. The van der Waals surface area contributed by atoms with Gasteiger partial charge in [-0.05, 0) is 51.5 Å². The second kappa shape index (κ2) is 4.88. The normalized spacial score (nSPS) is 11.0. The second-order valence-corrected chi connectivity index (χ2v) is 5.80. The standard InChI is InChI=1S/C19H19NO/c1-11-5-7-13(3)15(9-11)19-18(14(4)21)16-10-12(2)6-8-17(16)20-19/h5-10,20H,1-4H3. The first kappa shape index (κ1) is 13.6. The van der Waals surface area contributed by atoms with Crippen molar-refractivity contribution in [1.82, 2.24) is 4.98 Å². The summed E-state index contributed by atoms with van der Waals surface area (Å²) in [7, 11) is 0. The Morgan fingerprint density at radius 2 is 1.62 bits per heavy atom. The minimum atomic E-state index is 0.0998. The monoisotopic (exact) mass is 277 g/mol. The zero-order chi connectivity index (χ0) is 15.1. The van der Waals surface area contributed by atoms with Gasteiger partial charge >= 0.3 is 0 Å². The molecule has 106 valence electrons.